The van der Waals surface area contributed by atoms with Gasteiger partial charge in [0.05, 0.1) is 24.3 Å². The average Bonchev–Trinajstić information content (AvgIpc) is 2.85. The lowest BCUT2D eigenvalue weighted by atomic mass is 9.88. The molecule has 0 aromatic heterocycles. The Bertz CT molecular complexity index is 1020. The highest BCUT2D eigenvalue weighted by atomic mass is 19.4. The lowest BCUT2D eigenvalue weighted by Crippen LogP contribution is -2.45. The fourth-order valence-electron chi connectivity index (χ4n) is 4.90. The van der Waals surface area contributed by atoms with Gasteiger partial charge in [-0.1, -0.05) is 24.6 Å². The van der Waals surface area contributed by atoms with Gasteiger partial charge in [-0.05, 0) is 68.6 Å². The largest absolute Gasteiger partial charge is 0.493 e. The number of ether oxygens (including phenoxy) is 1. The van der Waals surface area contributed by atoms with Crippen LogP contribution in [-0.4, -0.2) is 48.4 Å². The summed E-state index contributed by atoms with van der Waals surface area (Å²) in [5, 5.41) is 11.0. The van der Waals surface area contributed by atoms with Crippen LogP contribution in [0.4, 0.5) is 24.5 Å². The van der Waals surface area contributed by atoms with E-state index in [1.54, 1.807) is 6.07 Å². The van der Waals surface area contributed by atoms with Gasteiger partial charge in [-0.25, -0.2) is 4.85 Å². The lowest BCUT2D eigenvalue weighted by molar-refractivity contribution is -0.136. The molecule has 8 heteroatoms. The zero-order chi connectivity index (χ0) is 24.9. The van der Waals surface area contributed by atoms with Crippen LogP contribution in [0.3, 0.4) is 0 Å². The number of alkyl halides is 3. The first kappa shape index (κ1) is 25.3. The van der Waals surface area contributed by atoms with E-state index in [1.165, 1.54) is 30.9 Å². The summed E-state index contributed by atoms with van der Waals surface area (Å²) >= 11 is 0. The van der Waals surface area contributed by atoms with Gasteiger partial charge in [-0.15, -0.1) is 0 Å². The van der Waals surface area contributed by atoms with Gasteiger partial charge >= 0.3 is 6.18 Å². The monoisotopic (exact) mass is 487 g/mol. The van der Waals surface area contributed by atoms with Gasteiger partial charge in [0, 0.05) is 31.7 Å². The third-order valence-electron chi connectivity index (χ3n) is 7.08. The molecule has 0 radical (unpaired) electrons. The van der Waals surface area contributed by atoms with Crippen LogP contribution in [0.15, 0.2) is 42.5 Å². The first-order valence-electron chi connectivity index (χ1n) is 12.3. The molecule has 188 valence electrons. The Hall–Kier alpha value is -2.76. The second-order valence-corrected chi connectivity index (χ2v) is 9.60. The molecule has 0 unspecified atom stereocenters. The van der Waals surface area contributed by atoms with Crippen molar-refractivity contribution in [2.24, 2.45) is 0 Å². The van der Waals surface area contributed by atoms with E-state index in [1.807, 2.05) is 17.0 Å². The van der Waals surface area contributed by atoms with Crippen LogP contribution in [0.2, 0.25) is 0 Å². The van der Waals surface area contributed by atoms with Crippen molar-refractivity contribution in [3.05, 3.63) is 65.0 Å². The Morgan fingerprint density at radius 3 is 2.29 bits per heavy atom. The summed E-state index contributed by atoms with van der Waals surface area (Å²) in [6, 6.07) is 11.9. The topological polar surface area (TPSA) is 40.3 Å². The highest BCUT2D eigenvalue weighted by Gasteiger charge is 2.36. The number of benzene rings is 2. The molecule has 35 heavy (non-hydrogen) atoms. The first-order chi connectivity index (χ1) is 16.8. The van der Waals surface area contributed by atoms with Crippen molar-refractivity contribution in [3.8, 4) is 5.75 Å². The van der Waals surface area contributed by atoms with Crippen LogP contribution < -0.4 is 9.64 Å². The molecule has 2 fully saturated rings. The van der Waals surface area contributed by atoms with Crippen molar-refractivity contribution < 1.29 is 23.0 Å². The summed E-state index contributed by atoms with van der Waals surface area (Å²) in [5.41, 5.74) is -0.530. The maximum Gasteiger partial charge on any atom is 0.407 e. The zero-order valence-corrected chi connectivity index (χ0v) is 19.9. The Morgan fingerprint density at radius 2 is 1.66 bits per heavy atom. The van der Waals surface area contributed by atoms with Crippen molar-refractivity contribution in [2.75, 3.05) is 37.7 Å². The minimum absolute atomic E-state index is 0.375. The molecule has 0 atom stereocenters. The van der Waals surface area contributed by atoms with Crippen LogP contribution in [0.5, 0.6) is 5.75 Å². The Balaban J connectivity index is 1.25. The smallest absolute Gasteiger partial charge is 0.407 e. The van der Waals surface area contributed by atoms with Gasteiger partial charge in [-0.3, -0.25) is 4.90 Å². The number of anilines is 1. The van der Waals surface area contributed by atoms with Gasteiger partial charge < -0.3 is 14.7 Å². The predicted molar refractivity (Wildman–Crippen MR) is 130 cm³/mol. The van der Waals surface area contributed by atoms with Crippen LogP contribution in [0.1, 0.15) is 49.7 Å². The lowest BCUT2D eigenvalue weighted by Gasteiger charge is -2.39. The Kier molecular flexibility index (Phi) is 7.88. The fraction of sp³-hybridized carbons (Fsp3) is 0.519. The molecule has 1 N–H and O–H groups in total. The minimum Gasteiger partial charge on any atom is -0.493 e. The minimum atomic E-state index is -4.57. The molecule has 5 nitrogen and oxygen atoms in total. The van der Waals surface area contributed by atoms with E-state index < -0.39 is 23.0 Å². The van der Waals surface area contributed by atoms with E-state index in [4.69, 9.17) is 11.3 Å². The summed E-state index contributed by atoms with van der Waals surface area (Å²) < 4.78 is 45.8. The molecule has 2 saturated heterocycles. The summed E-state index contributed by atoms with van der Waals surface area (Å²) in [5.74, 6) is 0.771. The molecule has 2 aliphatic heterocycles. The molecule has 4 rings (SSSR count). The number of rotatable bonds is 7. The molecule has 0 bridgehead atoms. The van der Waals surface area contributed by atoms with Gasteiger partial charge in [-0.2, -0.15) is 13.2 Å². The summed E-state index contributed by atoms with van der Waals surface area (Å²) in [6.07, 6.45) is 0.628. The molecule has 0 amide bonds. The van der Waals surface area contributed by atoms with Crippen molar-refractivity contribution in [3.63, 3.8) is 0 Å². The van der Waals surface area contributed by atoms with E-state index in [2.05, 4.69) is 21.9 Å². The number of halogens is 3. The van der Waals surface area contributed by atoms with Gasteiger partial charge in [0.15, 0.2) is 5.69 Å². The van der Waals surface area contributed by atoms with Crippen molar-refractivity contribution >= 4 is 11.4 Å². The highest BCUT2D eigenvalue weighted by Crippen LogP contribution is 2.39. The third-order valence-corrected chi connectivity index (χ3v) is 7.08. The highest BCUT2D eigenvalue weighted by molar-refractivity contribution is 5.62. The number of hydrogen-bond donors (Lipinski definition) is 1. The fourth-order valence-corrected chi connectivity index (χ4v) is 4.90. The molecule has 0 saturated carbocycles. The quantitative estimate of drug-likeness (QED) is 0.483. The standard InChI is InChI=1S/C27H32F3N3O2/c1-31-25-10-7-22(19-24(25)27(28,29)30)33-16-11-26(34,12-17-33)13-18-35-23-8-5-21(6-9-23)20-32-14-3-2-4-15-32/h5-10,19,34H,2-4,11-18,20H2. The van der Waals surface area contributed by atoms with E-state index in [9.17, 15) is 18.3 Å². The maximum atomic E-state index is 13.3. The van der Waals surface area contributed by atoms with Crippen LogP contribution >= 0.6 is 0 Å². The van der Waals surface area contributed by atoms with Crippen LogP contribution in [-0.2, 0) is 12.7 Å². The second-order valence-electron chi connectivity index (χ2n) is 9.60. The number of nitrogens with zero attached hydrogens (tertiary/aromatic N) is 3. The summed E-state index contributed by atoms with van der Waals surface area (Å²) in [6.45, 7) is 11.5. The summed E-state index contributed by atoms with van der Waals surface area (Å²) in [7, 11) is 0. The van der Waals surface area contributed by atoms with Crippen molar-refractivity contribution in [1.82, 2.24) is 4.90 Å². The molecule has 2 aromatic carbocycles. The average molecular weight is 488 g/mol. The number of aliphatic hydroxyl groups is 1. The Labute approximate surface area is 204 Å². The maximum absolute atomic E-state index is 13.3. The third kappa shape index (κ3) is 6.68. The zero-order valence-electron chi connectivity index (χ0n) is 19.9. The summed E-state index contributed by atoms with van der Waals surface area (Å²) in [4.78, 5) is 7.30. The molecule has 0 spiro atoms. The first-order valence-corrected chi connectivity index (χ1v) is 12.3. The molecule has 0 aliphatic carbocycles. The molecule has 2 aromatic rings. The molecular formula is C27H32F3N3O2. The SMILES string of the molecule is [C-]#[N+]c1ccc(N2CCC(O)(CCOc3ccc(CN4CCCCC4)cc3)CC2)cc1C(F)(F)F. The molecule has 2 heterocycles. The van der Waals surface area contributed by atoms with Crippen molar-refractivity contribution in [1.29, 1.82) is 0 Å². The van der Waals surface area contributed by atoms with Crippen LogP contribution in [0, 0.1) is 6.57 Å². The van der Waals surface area contributed by atoms with E-state index in [0.717, 1.165) is 31.5 Å². The second kappa shape index (κ2) is 10.9. The molecule has 2 aliphatic rings. The van der Waals surface area contributed by atoms with Gasteiger partial charge in [0.1, 0.15) is 5.75 Å². The number of likely N-dealkylation sites (tertiary alicyclic amines) is 1. The normalized spacial score (nSPS) is 18.8. The number of hydrogen-bond acceptors (Lipinski definition) is 4. The molecular weight excluding hydrogens is 455 g/mol. The van der Waals surface area contributed by atoms with Gasteiger partial charge in [0.25, 0.3) is 0 Å². The van der Waals surface area contributed by atoms with E-state index in [0.29, 0.717) is 44.6 Å². The van der Waals surface area contributed by atoms with Crippen molar-refractivity contribution in [2.45, 2.75) is 56.8 Å². The van der Waals surface area contributed by atoms with E-state index >= 15 is 0 Å². The van der Waals surface area contributed by atoms with Crippen LogP contribution in [0.25, 0.3) is 4.85 Å². The predicted octanol–water partition coefficient (Wildman–Crippen LogP) is 6.04. The van der Waals surface area contributed by atoms with E-state index in [-0.39, 0.29) is 0 Å². The van der Waals surface area contributed by atoms with Gasteiger partial charge in [0.2, 0.25) is 0 Å². The Morgan fingerprint density at radius 1 is 0.971 bits per heavy atom. The number of piperidine rings is 2.